The fourth-order valence-corrected chi connectivity index (χ4v) is 14.4. The van der Waals surface area contributed by atoms with Gasteiger partial charge in [0.15, 0.2) is 24.7 Å². The van der Waals surface area contributed by atoms with E-state index in [0.29, 0.717) is 43.6 Å². The van der Waals surface area contributed by atoms with Gasteiger partial charge in [-0.1, -0.05) is 27.7 Å². The quantitative estimate of drug-likeness (QED) is 0.131. The van der Waals surface area contributed by atoms with Gasteiger partial charge in [0.05, 0.1) is 56.4 Å². The van der Waals surface area contributed by atoms with E-state index < -0.39 is 128 Å². The van der Waals surface area contributed by atoms with E-state index in [1.807, 2.05) is 0 Å². The summed E-state index contributed by atoms with van der Waals surface area (Å²) in [6.45, 7) is 9.13. The van der Waals surface area contributed by atoms with Crippen LogP contribution in [0.25, 0.3) is 0 Å². The highest BCUT2D eigenvalue weighted by atomic mass is 16.8. The van der Waals surface area contributed by atoms with Crippen molar-refractivity contribution in [1.82, 2.24) is 0 Å². The zero-order valence-corrected chi connectivity index (χ0v) is 36.6. The molecule has 62 heavy (non-hydrogen) atoms. The number of ether oxygens (including phenoxy) is 8. The summed E-state index contributed by atoms with van der Waals surface area (Å²) in [5.41, 5.74) is -4.32. The molecule has 9 aliphatic rings. The molecule has 26 atom stereocenters. The van der Waals surface area contributed by atoms with Crippen molar-refractivity contribution in [3.8, 4) is 0 Å². The highest BCUT2D eigenvalue weighted by molar-refractivity contribution is 5.20. The van der Waals surface area contributed by atoms with Crippen LogP contribution in [0.5, 0.6) is 0 Å². The maximum absolute atomic E-state index is 12.8. The van der Waals surface area contributed by atoms with Crippen LogP contribution in [0.3, 0.4) is 0 Å². The van der Waals surface area contributed by atoms with Crippen LogP contribution in [-0.4, -0.2) is 187 Å². The number of fused-ring (bicyclic) bond motifs is 7. The third kappa shape index (κ3) is 7.03. The molecule has 18 heteroatoms. The normalized spacial score (nSPS) is 60.0. The summed E-state index contributed by atoms with van der Waals surface area (Å²) in [5.74, 6) is 1.20. The molecule has 9 fully saturated rings. The lowest BCUT2D eigenvalue weighted by atomic mass is 9.42. The van der Waals surface area contributed by atoms with Crippen LogP contribution in [-0.2, 0) is 37.9 Å². The molecule has 356 valence electrons. The first kappa shape index (κ1) is 46.4. The second kappa shape index (κ2) is 16.5. The Balaban J connectivity index is 0.947. The Morgan fingerprint density at radius 3 is 2.15 bits per heavy atom. The van der Waals surface area contributed by atoms with Crippen molar-refractivity contribution in [2.75, 3.05) is 26.4 Å². The summed E-state index contributed by atoms with van der Waals surface area (Å²) >= 11 is 0. The van der Waals surface area contributed by atoms with Gasteiger partial charge in [-0.25, -0.2) is 0 Å². The lowest BCUT2D eigenvalue weighted by molar-refractivity contribution is -0.386. The van der Waals surface area contributed by atoms with E-state index in [-0.39, 0.29) is 35.7 Å². The topological polar surface area (TPSA) is 276 Å². The summed E-state index contributed by atoms with van der Waals surface area (Å²) in [7, 11) is 0. The minimum atomic E-state index is -2.09. The predicted molar refractivity (Wildman–Crippen MR) is 211 cm³/mol. The van der Waals surface area contributed by atoms with Gasteiger partial charge < -0.3 is 89.0 Å². The summed E-state index contributed by atoms with van der Waals surface area (Å²) in [6.07, 6.45) is -14.2. The number of aliphatic hydroxyl groups excluding tert-OH is 8. The van der Waals surface area contributed by atoms with E-state index in [1.165, 1.54) is 6.92 Å². The molecular formula is C44H72O18. The average Bonchev–Trinajstić information content (AvgIpc) is 3.81. The standard InChI is InChI=1S/C44H72O18/c1-19-6-11-44(56-16-19)20(2)29-26(62-44)13-25-23-12-28(47)43(54)14-22(7-10-41(43,5)24(23)8-9-40(25,29)4)58-38-35(61-37-33(51)32(50)30(48)21(3)57-37)34(31(49)27(15-45)59-38)60-39-36(52)42(53,17-46)18-55-39/h19-39,45-54H,6-18H2,1-5H3/t19-,20+,21+,22+,23-,24+,25+,26+,27-,28-,29+,30+,31-,32-,33-,34+,35-,36+,37+,38-,39+,40+,41-,42-,43+,44-/m1/s1. The minimum Gasteiger partial charge on any atom is -0.394 e. The van der Waals surface area contributed by atoms with E-state index in [0.717, 1.165) is 32.1 Å². The lowest BCUT2D eigenvalue weighted by Crippen LogP contribution is -2.69. The molecule has 4 aliphatic carbocycles. The molecule has 18 nitrogen and oxygen atoms in total. The molecular weight excluding hydrogens is 816 g/mol. The van der Waals surface area contributed by atoms with Crippen LogP contribution in [0, 0.1) is 46.3 Å². The summed E-state index contributed by atoms with van der Waals surface area (Å²) < 4.78 is 49.7. The second-order valence-corrected chi connectivity index (χ2v) is 21.5. The summed E-state index contributed by atoms with van der Waals surface area (Å²) in [6, 6.07) is 0. The Kier molecular flexibility index (Phi) is 12.4. The highest BCUT2D eigenvalue weighted by Gasteiger charge is 2.72. The molecule has 1 spiro atoms. The maximum Gasteiger partial charge on any atom is 0.187 e. The van der Waals surface area contributed by atoms with Crippen molar-refractivity contribution < 1.29 is 89.0 Å². The molecule has 0 bridgehead atoms. The zero-order chi connectivity index (χ0) is 44.5. The Bertz CT molecular complexity index is 1600. The molecule has 5 heterocycles. The molecule has 0 aromatic rings. The third-order valence-electron chi connectivity index (χ3n) is 18.2. The number of aliphatic hydroxyl groups is 10. The largest absolute Gasteiger partial charge is 0.394 e. The SMILES string of the molecule is C[C@@H]1CC[C@@]2(OC1)O[C@H]1C[C@H]3[C@@H]4C[C@@H](O)[C@@]5(O)C[C@@H](O[C@@H]6O[C@H](CO)[C@@H](O)[C@H](O[C@@H]7OC[C@](O)(CO)[C@H]7O)[C@H]6O[C@@H]6O[C@@H](C)[C@H](O)[C@@H](O)[C@H]6O)CC[C@]5(C)[C@H]4CC[C@]3(C)[C@H]1[C@@H]2C. The van der Waals surface area contributed by atoms with Gasteiger partial charge >= 0.3 is 0 Å². The van der Waals surface area contributed by atoms with Gasteiger partial charge in [0.1, 0.15) is 54.4 Å². The maximum atomic E-state index is 12.8. The number of hydrogen-bond acceptors (Lipinski definition) is 18. The number of rotatable bonds is 8. The predicted octanol–water partition coefficient (Wildman–Crippen LogP) is -0.980. The molecule has 4 saturated carbocycles. The summed E-state index contributed by atoms with van der Waals surface area (Å²) in [4.78, 5) is 0. The van der Waals surface area contributed by atoms with Gasteiger partial charge in [0, 0.05) is 24.2 Å². The Morgan fingerprint density at radius 2 is 1.47 bits per heavy atom. The molecule has 9 rings (SSSR count). The Hall–Kier alpha value is -0.720. The molecule has 0 amide bonds. The minimum absolute atomic E-state index is 0.00464. The van der Waals surface area contributed by atoms with Crippen molar-refractivity contribution in [3.63, 3.8) is 0 Å². The van der Waals surface area contributed by atoms with E-state index in [2.05, 4.69) is 27.7 Å². The van der Waals surface area contributed by atoms with Crippen LogP contribution in [0.15, 0.2) is 0 Å². The van der Waals surface area contributed by atoms with E-state index in [9.17, 15) is 51.1 Å². The lowest BCUT2D eigenvalue weighted by Gasteiger charge is -2.65. The van der Waals surface area contributed by atoms with Crippen LogP contribution in [0.2, 0.25) is 0 Å². The van der Waals surface area contributed by atoms with Gasteiger partial charge in [0.25, 0.3) is 0 Å². The smallest absolute Gasteiger partial charge is 0.187 e. The fraction of sp³-hybridized carbons (Fsp3) is 1.00. The van der Waals surface area contributed by atoms with Crippen molar-refractivity contribution in [1.29, 1.82) is 0 Å². The Morgan fingerprint density at radius 1 is 0.726 bits per heavy atom. The zero-order valence-electron chi connectivity index (χ0n) is 36.6. The Labute approximate surface area is 362 Å². The third-order valence-corrected chi connectivity index (χ3v) is 18.2. The molecule has 0 radical (unpaired) electrons. The average molecular weight is 889 g/mol. The van der Waals surface area contributed by atoms with Crippen molar-refractivity contribution in [2.24, 2.45) is 46.3 Å². The highest BCUT2D eigenvalue weighted by Crippen LogP contribution is 2.72. The van der Waals surface area contributed by atoms with Gasteiger partial charge in [-0.2, -0.15) is 0 Å². The van der Waals surface area contributed by atoms with Gasteiger partial charge in [-0.15, -0.1) is 0 Å². The molecule has 5 saturated heterocycles. The first-order valence-corrected chi connectivity index (χ1v) is 23.2. The molecule has 5 aliphatic heterocycles. The van der Waals surface area contributed by atoms with Gasteiger partial charge in [-0.3, -0.25) is 0 Å². The van der Waals surface area contributed by atoms with E-state index >= 15 is 0 Å². The first-order valence-electron chi connectivity index (χ1n) is 23.2. The van der Waals surface area contributed by atoms with Crippen LogP contribution < -0.4 is 0 Å². The van der Waals surface area contributed by atoms with Crippen LogP contribution >= 0.6 is 0 Å². The van der Waals surface area contributed by atoms with Gasteiger partial charge in [0.2, 0.25) is 0 Å². The van der Waals surface area contributed by atoms with Crippen LogP contribution in [0.4, 0.5) is 0 Å². The van der Waals surface area contributed by atoms with Gasteiger partial charge in [-0.05, 0) is 86.9 Å². The second-order valence-electron chi connectivity index (χ2n) is 21.5. The molecule has 10 N–H and O–H groups in total. The fourth-order valence-electron chi connectivity index (χ4n) is 14.4. The monoisotopic (exact) mass is 888 g/mol. The number of hydrogen-bond donors (Lipinski definition) is 10. The summed E-state index contributed by atoms with van der Waals surface area (Å²) in [5, 5.41) is 110. The first-order chi connectivity index (χ1) is 29.2. The molecule has 0 unspecified atom stereocenters. The molecule has 0 aromatic heterocycles. The van der Waals surface area contributed by atoms with Crippen LogP contribution in [0.1, 0.15) is 92.4 Å². The van der Waals surface area contributed by atoms with Crippen molar-refractivity contribution >= 4 is 0 Å². The van der Waals surface area contributed by atoms with E-state index in [1.54, 1.807) is 0 Å². The van der Waals surface area contributed by atoms with Crippen molar-refractivity contribution in [3.05, 3.63) is 0 Å². The molecule has 0 aromatic carbocycles. The van der Waals surface area contributed by atoms with Crippen molar-refractivity contribution in [2.45, 2.75) is 202 Å². The van der Waals surface area contributed by atoms with E-state index in [4.69, 9.17) is 37.9 Å².